The van der Waals surface area contributed by atoms with E-state index in [1.807, 2.05) is 6.07 Å². The van der Waals surface area contributed by atoms with E-state index in [0.29, 0.717) is 22.8 Å². The van der Waals surface area contributed by atoms with Crippen molar-refractivity contribution in [3.63, 3.8) is 0 Å². The molecule has 1 aromatic rings. The molecule has 0 aromatic heterocycles. The zero-order chi connectivity index (χ0) is 20.8. The number of methoxy groups -OCH3 is 3. The summed E-state index contributed by atoms with van der Waals surface area (Å²) in [5, 5.41) is 9.66. The largest absolute Gasteiger partial charge is 0.493 e. The van der Waals surface area contributed by atoms with Gasteiger partial charge < -0.3 is 29.4 Å². The van der Waals surface area contributed by atoms with Crippen LogP contribution >= 0.6 is 0 Å². The Balaban J connectivity index is 2.72. The summed E-state index contributed by atoms with van der Waals surface area (Å²) in [5.41, 5.74) is 6.67. The van der Waals surface area contributed by atoms with Crippen molar-refractivity contribution >= 4 is 5.97 Å². The van der Waals surface area contributed by atoms with Crippen LogP contribution in [0.1, 0.15) is 18.4 Å². The number of benzene rings is 1. The summed E-state index contributed by atoms with van der Waals surface area (Å²) in [6.45, 7) is 5.12. The van der Waals surface area contributed by atoms with E-state index in [1.165, 1.54) is 27.4 Å². The van der Waals surface area contributed by atoms with Crippen LogP contribution in [0.15, 0.2) is 47.6 Å². The van der Waals surface area contributed by atoms with Crippen molar-refractivity contribution in [2.24, 2.45) is 5.73 Å². The summed E-state index contributed by atoms with van der Waals surface area (Å²) >= 11 is 0. The van der Waals surface area contributed by atoms with E-state index in [2.05, 4.69) is 6.58 Å². The topological polar surface area (TPSA) is 113 Å². The van der Waals surface area contributed by atoms with Crippen LogP contribution in [0.4, 0.5) is 0 Å². The Hall–Kier alpha value is -3.60. The van der Waals surface area contributed by atoms with Crippen LogP contribution in [0.5, 0.6) is 17.2 Å². The van der Waals surface area contributed by atoms with E-state index < -0.39 is 11.9 Å². The fraction of sp³-hybridized carbons (Fsp3) is 0.300. The third-order valence-electron chi connectivity index (χ3n) is 4.18. The van der Waals surface area contributed by atoms with Gasteiger partial charge in [-0.2, -0.15) is 5.26 Å². The molecule has 0 amide bonds. The van der Waals surface area contributed by atoms with E-state index >= 15 is 0 Å². The zero-order valence-corrected chi connectivity index (χ0v) is 16.2. The lowest BCUT2D eigenvalue weighted by Gasteiger charge is -2.27. The quantitative estimate of drug-likeness (QED) is 0.562. The van der Waals surface area contributed by atoms with Gasteiger partial charge in [-0.25, -0.2) is 4.79 Å². The highest BCUT2D eigenvalue weighted by atomic mass is 16.5. The molecule has 0 unspecified atom stereocenters. The molecule has 148 valence electrons. The van der Waals surface area contributed by atoms with Crippen LogP contribution in [-0.4, -0.2) is 33.9 Å². The maximum atomic E-state index is 12.7. The first-order chi connectivity index (χ1) is 13.4. The predicted molar refractivity (Wildman–Crippen MR) is 101 cm³/mol. The van der Waals surface area contributed by atoms with Crippen molar-refractivity contribution in [2.45, 2.75) is 12.8 Å². The van der Waals surface area contributed by atoms with Crippen LogP contribution < -0.4 is 19.9 Å². The monoisotopic (exact) mass is 386 g/mol. The number of ether oxygens (including phenoxy) is 5. The van der Waals surface area contributed by atoms with E-state index in [9.17, 15) is 10.1 Å². The van der Waals surface area contributed by atoms with Crippen molar-refractivity contribution < 1.29 is 28.5 Å². The summed E-state index contributed by atoms with van der Waals surface area (Å²) < 4.78 is 26.7. The van der Waals surface area contributed by atoms with Crippen LogP contribution in [-0.2, 0) is 14.3 Å². The fourth-order valence-corrected chi connectivity index (χ4v) is 2.96. The van der Waals surface area contributed by atoms with Crippen molar-refractivity contribution in [3.05, 3.63) is 53.1 Å². The minimum Gasteiger partial charge on any atom is -0.493 e. The van der Waals surface area contributed by atoms with Gasteiger partial charge in [0.15, 0.2) is 11.5 Å². The second kappa shape index (κ2) is 8.86. The lowest BCUT2D eigenvalue weighted by atomic mass is 9.83. The van der Waals surface area contributed by atoms with Gasteiger partial charge in [0.05, 0.1) is 32.8 Å². The van der Waals surface area contributed by atoms with Gasteiger partial charge in [0.1, 0.15) is 24.0 Å². The van der Waals surface area contributed by atoms with Crippen molar-refractivity contribution in [3.8, 4) is 23.3 Å². The molecule has 1 aromatic carbocycles. The number of nitrogens with two attached hydrogens (primary N) is 1. The van der Waals surface area contributed by atoms with E-state index in [4.69, 9.17) is 29.4 Å². The van der Waals surface area contributed by atoms with Gasteiger partial charge in [-0.1, -0.05) is 12.7 Å². The molecule has 1 aliphatic rings. The average Bonchev–Trinajstić information content (AvgIpc) is 2.70. The Morgan fingerprint density at radius 2 is 1.89 bits per heavy atom. The van der Waals surface area contributed by atoms with E-state index in [-0.39, 0.29) is 29.4 Å². The normalized spacial score (nSPS) is 16.0. The Kier molecular flexibility index (Phi) is 6.55. The molecule has 0 bridgehead atoms. The molecule has 1 aliphatic heterocycles. The van der Waals surface area contributed by atoms with Gasteiger partial charge in [-0.15, -0.1) is 0 Å². The third-order valence-corrected chi connectivity index (χ3v) is 4.18. The lowest BCUT2D eigenvalue weighted by Crippen LogP contribution is -2.25. The second-order valence-corrected chi connectivity index (χ2v) is 5.74. The third kappa shape index (κ3) is 3.74. The average molecular weight is 386 g/mol. The molecule has 1 atom stereocenters. The molecule has 2 rings (SSSR count). The molecular formula is C20H22N2O6. The maximum absolute atomic E-state index is 12.7. The van der Waals surface area contributed by atoms with Crippen LogP contribution in [0, 0.1) is 11.3 Å². The summed E-state index contributed by atoms with van der Waals surface area (Å²) in [4.78, 5) is 12.7. The van der Waals surface area contributed by atoms with Gasteiger partial charge in [-0.05, 0) is 24.6 Å². The highest BCUT2D eigenvalue weighted by Gasteiger charge is 2.37. The van der Waals surface area contributed by atoms with Gasteiger partial charge in [0.2, 0.25) is 11.6 Å². The molecule has 1 heterocycles. The number of esters is 1. The first-order valence-corrected chi connectivity index (χ1v) is 8.29. The minimum absolute atomic E-state index is 0.0126. The Bertz CT molecular complexity index is 869. The van der Waals surface area contributed by atoms with Crippen LogP contribution in [0.2, 0.25) is 0 Å². The van der Waals surface area contributed by atoms with Gasteiger partial charge >= 0.3 is 5.97 Å². The SMILES string of the molecule is C=CCOC(=O)C1=C(C)OC(N)=C(C#N)[C@H]1c1cc(OC)c(OC)c(OC)c1. The van der Waals surface area contributed by atoms with Gasteiger partial charge in [0.25, 0.3) is 0 Å². The molecule has 0 fully saturated rings. The fourth-order valence-electron chi connectivity index (χ4n) is 2.96. The number of rotatable bonds is 7. The summed E-state index contributed by atoms with van der Waals surface area (Å²) in [6, 6.07) is 5.32. The first kappa shape index (κ1) is 20.7. The second-order valence-electron chi connectivity index (χ2n) is 5.74. The standard InChI is InChI=1S/C20H22N2O6/c1-6-7-27-20(23)16-11(2)28-19(22)13(10-21)17(16)12-8-14(24-3)18(26-5)15(9-12)25-4/h6,8-9,17H,1,7,22H2,2-5H3/t17-/m1/s1. The van der Waals surface area contributed by atoms with Crippen molar-refractivity contribution in [1.82, 2.24) is 0 Å². The molecule has 8 heteroatoms. The predicted octanol–water partition coefficient (Wildman–Crippen LogP) is 2.52. The van der Waals surface area contributed by atoms with Crippen LogP contribution in [0.25, 0.3) is 0 Å². The smallest absolute Gasteiger partial charge is 0.338 e. The molecular weight excluding hydrogens is 364 g/mol. The highest BCUT2D eigenvalue weighted by Crippen LogP contribution is 2.45. The highest BCUT2D eigenvalue weighted by molar-refractivity contribution is 5.92. The number of allylic oxidation sites excluding steroid dienone is 2. The van der Waals surface area contributed by atoms with Crippen LogP contribution in [0.3, 0.4) is 0 Å². The Morgan fingerprint density at radius 1 is 1.29 bits per heavy atom. The minimum atomic E-state index is -0.829. The van der Waals surface area contributed by atoms with Gasteiger partial charge in [0, 0.05) is 0 Å². The molecule has 0 saturated heterocycles. The molecule has 0 saturated carbocycles. The molecule has 0 aliphatic carbocycles. The summed E-state index contributed by atoms with van der Waals surface area (Å²) in [5.74, 6) is -0.191. The molecule has 0 spiro atoms. The first-order valence-electron chi connectivity index (χ1n) is 8.29. The Morgan fingerprint density at radius 3 is 2.36 bits per heavy atom. The number of hydrogen-bond acceptors (Lipinski definition) is 8. The zero-order valence-electron chi connectivity index (χ0n) is 16.2. The number of carbonyl (C=O) groups is 1. The number of carbonyl (C=O) groups excluding carboxylic acids is 1. The molecule has 8 nitrogen and oxygen atoms in total. The summed E-state index contributed by atoms with van der Waals surface area (Å²) in [7, 11) is 4.43. The molecule has 0 radical (unpaired) electrons. The Labute approximate surface area is 163 Å². The number of hydrogen-bond donors (Lipinski definition) is 1. The van der Waals surface area contributed by atoms with Gasteiger partial charge in [-0.3, -0.25) is 0 Å². The summed E-state index contributed by atoms with van der Waals surface area (Å²) in [6.07, 6.45) is 1.45. The molecule has 28 heavy (non-hydrogen) atoms. The molecule has 2 N–H and O–H groups in total. The lowest BCUT2D eigenvalue weighted by molar-refractivity contribution is -0.138. The van der Waals surface area contributed by atoms with Crippen molar-refractivity contribution in [1.29, 1.82) is 5.26 Å². The number of nitriles is 1. The number of nitrogens with zero attached hydrogens (tertiary/aromatic N) is 1. The maximum Gasteiger partial charge on any atom is 0.338 e. The van der Waals surface area contributed by atoms with Crippen molar-refractivity contribution in [2.75, 3.05) is 27.9 Å². The van der Waals surface area contributed by atoms with E-state index in [1.54, 1.807) is 19.1 Å². The van der Waals surface area contributed by atoms with E-state index in [0.717, 1.165) is 0 Å².